The molecule has 0 aromatic rings. The van der Waals surface area contributed by atoms with E-state index in [-0.39, 0.29) is 59.2 Å². The summed E-state index contributed by atoms with van der Waals surface area (Å²) in [5.41, 5.74) is -1.22. The molecule has 1 saturated heterocycles. The lowest BCUT2D eigenvalue weighted by atomic mass is 9.47. The Morgan fingerprint density at radius 2 is 0.920 bits per heavy atom. The number of hydrogen-bond acceptors (Lipinski definition) is 8. The SMILES string of the molecule is CC(C)(C)C(=O)OCC12CC3CC(C1)C1(OC(COC(=O)C45CC6CC(CC(C6)C4)C5)C(COC(=O)C45CC6CC(CC(C6)C4)C5)O1)C(C3)C2. The lowest BCUT2D eigenvalue weighted by molar-refractivity contribution is -0.317. The van der Waals surface area contributed by atoms with Crippen molar-refractivity contribution >= 4 is 17.9 Å². The van der Waals surface area contributed by atoms with E-state index in [1.54, 1.807) is 0 Å². The minimum Gasteiger partial charge on any atom is -0.465 e. The van der Waals surface area contributed by atoms with Gasteiger partial charge >= 0.3 is 17.9 Å². The van der Waals surface area contributed by atoms with E-state index in [9.17, 15) is 14.4 Å². The third kappa shape index (κ3) is 5.20. The topological polar surface area (TPSA) is 97.4 Å². The summed E-state index contributed by atoms with van der Waals surface area (Å²) in [6.07, 6.45) is 17.6. The van der Waals surface area contributed by atoms with Crippen LogP contribution in [0.2, 0.25) is 0 Å². The molecule has 4 unspecified atom stereocenters. The Bertz CT molecular complexity index is 1270. The zero-order valence-corrected chi connectivity index (χ0v) is 30.8. The highest BCUT2D eigenvalue weighted by atomic mass is 16.8. The minimum atomic E-state index is -0.774. The molecule has 0 radical (unpaired) electrons. The smallest absolute Gasteiger partial charge is 0.312 e. The van der Waals surface area contributed by atoms with Crippen molar-refractivity contribution in [3.63, 3.8) is 0 Å². The first-order chi connectivity index (χ1) is 23.8. The van der Waals surface area contributed by atoms with Crippen molar-refractivity contribution in [3.8, 4) is 0 Å². The fourth-order valence-electron chi connectivity index (χ4n) is 15.4. The van der Waals surface area contributed by atoms with Crippen molar-refractivity contribution in [2.75, 3.05) is 19.8 Å². The number of rotatable bonds is 8. The summed E-state index contributed by atoms with van der Waals surface area (Å²) in [6.45, 7) is 6.50. The van der Waals surface area contributed by atoms with Crippen LogP contribution in [0.15, 0.2) is 0 Å². The number of esters is 3. The van der Waals surface area contributed by atoms with E-state index >= 15 is 0 Å². The number of carbonyl (C=O) groups is 3. The van der Waals surface area contributed by atoms with Crippen LogP contribution in [0.5, 0.6) is 0 Å². The van der Waals surface area contributed by atoms with Crippen LogP contribution in [-0.2, 0) is 38.1 Å². The Morgan fingerprint density at radius 1 is 0.540 bits per heavy atom. The van der Waals surface area contributed by atoms with E-state index in [0.29, 0.717) is 48.0 Å². The van der Waals surface area contributed by atoms with Gasteiger partial charge in [-0.25, -0.2) is 0 Å². The zero-order valence-electron chi connectivity index (χ0n) is 30.8. The summed E-state index contributed by atoms with van der Waals surface area (Å²) in [5.74, 6) is 3.95. The second kappa shape index (κ2) is 11.2. The first kappa shape index (κ1) is 32.9. The maximum atomic E-state index is 14.0. The van der Waals surface area contributed by atoms with Gasteiger partial charge in [0.2, 0.25) is 0 Å². The standard InChI is InChI=1S/C42H60O8/c1-38(2,3)35(43)48-23-39-12-30-10-31(19-39)42(32(11-30)20-39)49-33(21-46-36(44)40-13-24-4-25(14-40)6-26(5-24)15-40)34(50-42)22-47-37(45)41-16-27-7-28(17-41)9-29(8-27)18-41/h24-34H,4-23H2,1-3H3. The summed E-state index contributed by atoms with van der Waals surface area (Å²) in [4.78, 5) is 40.8. The molecular formula is C42H60O8. The highest BCUT2D eigenvalue weighted by Crippen LogP contribution is 2.67. The predicted molar refractivity (Wildman–Crippen MR) is 182 cm³/mol. The van der Waals surface area contributed by atoms with E-state index in [2.05, 4.69) is 0 Å². The molecule has 13 rings (SSSR count). The van der Waals surface area contributed by atoms with Crippen LogP contribution in [0, 0.1) is 74.9 Å². The number of ether oxygens (including phenoxy) is 5. The highest BCUT2D eigenvalue weighted by Gasteiger charge is 2.68. The molecule has 12 saturated carbocycles. The fourth-order valence-corrected chi connectivity index (χ4v) is 15.4. The molecule has 276 valence electrons. The van der Waals surface area contributed by atoms with Crippen molar-refractivity contribution in [3.05, 3.63) is 0 Å². The van der Waals surface area contributed by atoms with Crippen molar-refractivity contribution in [2.24, 2.45) is 74.9 Å². The van der Waals surface area contributed by atoms with Crippen LogP contribution >= 0.6 is 0 Å². The van der Waals surface area contributed by atoms with Gasteiger partial charge < -0.3 is 23.7 Å². The highest BCUT2D eigenvalue weighted by molar-refractivity contribution is 5.78. The molecule has 0 aromatic heterocycles. The molecule has 8 nitrogen and oxygen atoms in total. The zero-order chi connectivity index (χ0) is 34.3. The summed E-state index contributed by atoms with van der Waals surface area (Å²) >= 11 is 0. The molecule has 1 heterocycles. The van der Waals surface area contributed by atoms with Gasteiger partial charge in [0.25, 0.3) is 0 Å². The molecule has 13 aliphatic rings. The van der Waals surface area contributed by atoms with Gasteiger partial charge in [0.05, 0.1) is 22.9 Å². The molecule has 0 aromatic carbocycles. The Kier molecular flexibility index (Phi) is 7.36. The monoisotopic (exact) mass is 692 g/mol. The van der Waals surface area contributed by atoms with Gasteiger partial charge in [-0.15, -0.1) is 0 Å². The van der Waals surface area contributed by atoms with Crippen LogP contribution in [0.1, 0.15) is 130 Å². The normalized spacial score (nSPS) is 51.8. The summed E-state index contributed by atoms with van der Waals surface area (Å²) < 4.78 is 32.8. The fraction of sp³-hybridized carbons (Fsp3) is 0.929. The van der Waals surface area contributed by atoms with Crippen molar-refractivity contribution < 1.29 is 38.1 Å². The molecule has 12 bridgehead atoms. The van der Waals surface area contributed by atoms with Gasteiger partial charge in [-0.2, -0.15) is 0 Å². The van der Waals surface area contributed by atoms with E-state index in [1.165, 1.54) is 38.5 Å². The van der Waals surface area contributed by atoms with Gasteiger partial charge in [0.1, 0.15) is 25.4 Å². The Hall–Kier alpha value is -1.67. The molecule has 1 aliphatic heterocycles. The van der Waals surface area contributed by atoms with E-state index < -0.39 is 23.4 Å². The lowest BCUT2D eigenvalue weighted by Gasteiger charge is -2.62. The summed E-state index contributed by atoms with van der Waals surface area (Å²) in [7, 11) is 0. The third-order valence-corrected chi connectivity index (χ3v) is 16.4. The van der Waals surface area contributed by atoms with Crippen molar-refractivity contribution in [1.29, 1.82) is 0 Å². The number of hydrogen-bond donors (Lipinski definition) is 0. The van der Waals surface area contributed by atoms with Crippen LogP contribution in [0.25, 0.3) is 0 Å². The average Bonchev–Trinajstić information content (AvgIpc) is 3.41. The molecule has 12 aliphatic carbocycles. The lowest BCUT2D eigenvalue weighted by Crippen LogP contribution is -2.63. The van der Waals surface area contributed by atoms with Crippen LogP contribution < -0.4 is 0 Å². The molecule has 0 N–H and O–H groups in total. The maximum Gasteiger partial charge on any atom is 0.312 e. The third-order valence-electron chi connectivity index (χ3n) is 16.4. The predicted octanol–water partition coefficient (Wildman–Crippen LogP) is 7.40. The summed E-state index contributed by atoms with van der Waals surface area (Å²) in [6, 6.07) is 0. The van der Waals surface area contributed by atoms with Gasteiger partial charge in [-0.3, -0.25) is 14.4 Å². The Labute approximate surface area is 298 Å². The molecule has 13 fully saturated rings. The first-order valence-electron chi connectivity index (χ1n) is 20.7. The van der Waals surface area contributed by atoms with Gasteiger partial charge in [-0.1, -0.05) is 0 Å². The molecular weight excluding hydrogens is 632 g/mol. The van der Waals surface area contributed by atoms with Crippen LogP contribution in [0.4, 0.5) is 0 Å². The summed E-state index contributed by atoms with van der Waals surface area (Å²) in [5, 5.41) is 0. The van der Waals surface area contributed by atoms with Crippen LogP contribution in [0.3, 0.4) is 0 Å². The number of carbonyl (C=O) groups excluding carboxylic acids is 3. The van der Waals surface area contributed by atoms with Gasteiger partial charge in [-0.05, 0) is 171 Å². The second-order valence-electron chi connectivity index (χ2n) is 21.3. The van der Waals surface area contributed by atoms with Crippen molar-refractivity contribution in [1.82, 2.24) is 0 Å². The molecule has 1 spiro atoms. The maximum absolute atomic E-state index is 14.0. The van der Waals surface area contributed by atoms with Gasteiger partial charge in [0, 0.05) is 17.3 Å². The molecule has 50 heavy (non-hydrogen) atoms. The Balaban J connectivity index is 0.867. The van der Waals surface area contributed by atoms with E-state index in [1.807, 2.05) is 20.8 Å². The Morgan fingerprint density at radius 3 is 1.30 bits per heavy atom. The molecule has 8 heteroatoms. The first-order valence-corrected chi connectivity index (χ1v) is 20.7. The van der Waals surface area contributed by atoms with Gasteiger partial charge in [0.15, 0.2) is 5.79 Å². The quantitative estimate of drug-likeness (QED) is 0.192. The second-order valence-corrected chi connectivity index (χ2v) is 21.3. The van der Waals surface area contributed by atoms with Crippen molar-refractivity contribution in [2.45, 2.75) is 148 Å². The largest absolute Gasteiger partial charge is 0.465 e. The molecule has 4 atom stereocenters. The van der Waals surface area contributed by atoms with E-state index in [4.69, 9.17) is 23.7 Å². The minimum absolute atomic E-state index is 0.0323. The molecule has 0 amide bonds. The van der Waals surface area contributed by atoms with E-state index in [0.717, 1.165) is 70.6 Å². The average molecular weight is 693 g/mol. The van der Waals surface area contributed by atoms with Crippen LogP contribution in [-0.4, -0.2) is 55.7 Å².